The van der Waals surface area contributed by atoms with Crippen LogP contribution in [0.1, 0.15) is 11.3 Å². The van der Waals surface area contributed by atoms with Gasteiger partial charge in [-0.3, -0.25) is 10.2 Å². The minimum absolute atomic E-state index is 0.0354. The fraction of sp³-hybridized carbons (Fsp3) is 0.0588. The maximum absolute atomic E-state index is 12.4. The van der Waals surface area contributed by atoms with Crippen LogP contribution in [0, 0.1) is 5.41 Å². The predicted molar refractivity (Wildman–Crippen MR) is 95.4 cm³/mol. The molecule has 0 unspecified atom stereocenters. The van der Waals surface area contributed by atoms with Gasteiger partial charge in [0.05, 0.1) is 11.8 Å². The molecule has 1 N–H and O–H groups in total. The van der Waals surface area contributed by atoms with E-state index in [2.05, 4.69) is 10.1 Å². The molecule has 0 spiro atoms. The highest BCUT2D eigenvalue weighted by molar-refractivity contribution is 8.27. The Bertz CT molecular complexity index is 1040. The van der Waals surface area contributed by atoms with Gasteiger partial charge in [-0.25, -0.2) is 0 Å². The Morgan fingerprint density at radius 2 is 2.12 bits per heavy atom. The maximum atomic E-state index is 12.4. The highest BCUT2D eigenvalue weighted by Crippen LogP contribution is 2.34. The zero-order valence-corrected chi connectivity index (χ0v) is 13.9. The monoisotopic (exact) mass is 366 g/mol. The van der Waals surface area contributed by atoms with Crippen LogP contribution in [0.2, 0.25) is 0 Å². The number of aliphatic imine (C=N–C) groups is 1. The molecule has 9 heteroatoms. The molecular weight excluding hydrogens is 356 g/mol. The number of thioether (sulfide) groups is 1. The zero-order chi connectivity index (χ0) is 17.7. The van der Waals surface area contributed by atoms with Crippen molar-refractivity contribution in [3.8, 4) is 11.5 Å². The number of fused-ring (bicyclic) bond motifs is 2. The molecule has 1 amide bonds. The number of ether oxygens (including phenoxy) is 2. The average molecular weight is 366 g/mol. The molecule has 4 heterocycles. The second kappa shape index (κ2) is 5.60. The van der Waals surface area contributed by atoms with Crippen molar-refractivity contribution in [1.82, 2.24) is 5.01 Å². The number of nitrogens with one attached hydrogen (secondary N) is 1. The first-order valence-corrected chi connectivity index (χ1v) is 8.44. The minimum atomic E-state index is -0.484. The van der Waals surface area contributed by atoms with E-state index in [9.17, 15) is 4.79 Å². The van der Waals surface area contributed by atoms with Crippen molar-refractivity contribution >= 4 is 39.8 Å². The van der Waals surface area contributed by atoms with Crippen LogP contribution in [0.25, 0.3) is 6.08 Å². The summed E-state index contributed by atoms with van der Waals surface area (Å²) in [6.07, 6.45) is 3.14. The standard InChI is InChI=1S/C17H10N4O4S/c18-14-10(6-9-3-4-11-13(7-9)25-8-24-11)15(22)19-17-21(14)20-16(26-17)12-2-1-5-23-12/h1-7,18H,8H2/b10-6-,18-14?. The number of amides is 1. The van der Waals surface area contributed by atoms with Crippen LogP contribution in [0.15, 0.2) is 56.7 Å². The first-order valence-electron chi connectivity index (χ1n) is 7.63. The molecule has 0 atom stereocenters. The van der Waals surface area contributed by atoms with E-state index in [1.165, 1.54) is 16.8 Å². The average Bonchev–Trinajstić information content (AvgIpc) is 3.36. The summed E-state index contributed by atoms with van der Waals surface area (Å²) < 4.78 is 15.9. The summed E-state index contributed by atoms with van der Waals surface area (Å²) in [6.45, 7) is 0.174. The smallest absolute Gasteiger partial charge is 0.283 e. The molecule has 0 saturated carbocycles. The second-order valence-corrected chi connectivity index (χ2v) is 6.47. The molecule has 3 aliphatic rings. The minimum Gasteiger partial charge on any atom is -0.462 e. The Hall–Kier alpha value is -3.33. The van der Waals surface area contributed by atoms with Crippen LogP contribution in [0.5, 0.6) is 11.5 Å². The van der Waals surface area contributed by atoms with Gasteiger partial charge in [-0.2, -0.15) is 15.1 Å². The molecule has 5 rings (SSSR count). The normalized spacial score (nSPS) is 19.7. The quantitative estimate of drug-likeness (QED) is 0.820. The van der Waals surface area contributed by atoms with Crippen LogP contribution in [0.3, 0.4) is 0 Å². The molecule has 3 aliphatic heterocycles. The van der Waals surface area contributed by atoms with Crippen molar-refractivity contribution in [2.24, 2.45) is 10.1 Å². The number of amidine groups is 2. The molecule has 0 saturated heterocycles. The third-order valence-corrected chi connectivity index (χ3v) is 4.82. The highest BCUT2D eigenvalue weighted by Gasteiger charge is 2.36. The van der Waals surface area contributed by atoms with Gasteiger partial charge in [0.2, 0.25) is 12.0 Å². The number of carbonyl (C=O) groups is 1. The van der Waals surface area contributed by atoms with Gasteiger partial charge in [0.25, 0.3) is 5.91 Å². The van der Waals surface area contributed by atoms with Gasteiger partial charge in [-0.1, -0.05) is 6.07 Å². The van der Waals surface area contributed by atoms with E-state index in [1.807, 2.05) is 0 Å². The van der Waals surface area contributed by atoms with Crippen molar-refractivity contribution in [3.63, 3.8) is 0 Å². The molecule has 0 aliphatic carbocycles. The summed E-state index contributed by atoms with van der Waals surface area (Å²) in [6, 6.07) is 8.82. The molecule has 128 valence electrons. The summed E-state index contributed by atoms with van der Waals surface area (Å²) in [5, 5.41) is 14.9. The van der Waals surface area contributed by atoms with Crippen molar-refractivity contribution in [3.05, 3.63) is 53.5 Å². The molecule has 0 bridgehead atoms. The fourth-order valence-electron chi connectivity index (χ4n) is 2.66. The molecule has 0 radical (unpaired) electrons. The van der Waals surface area contributed by atoms with Gasteiger partial charge in [-0.15, -0.1) is 0 Å². The predicted octanol–water partition coefficient (Wildman–Crippen LogP) is 2.68. The van der Waals surface area contributed by atoms with Gasteiger partial charge in [0.1, 0.15) is 0 Å². The van der Waals surface area contributed by atoms with E-state index in [1.54, 1.807) is 42.7 Å². The van der Waals surface area contributed by atoms with Crippen LogP contribution in [-0.4, -0.2) is 33.8 Å². The molecular formula is C17H10N4O4S. The largest absolute Gasteiger partial charge is 0.462 e. The Balaban J connectivity index is 1.50. The number of furan rings is 1. The third kappa shape index (κ3) is 2.32. The maximum Gasteiger partial charge on any atom is 0.283 e. The first-order chi connectivity index (χ1) is 12.7. The lowest BCUT2D eigenvalue weighted by atomic mass is 10.1. The summed E-state index contributed by atoms with van der Waals surface area (Å²) in [7, 11) is 0. The Kier molecular flexibility index (Phi) is 3.22. The van der Waals surface area contributed by atoms with E-state index in [0.717, 1.165) is 0 Å². The topological polar surface area (TPSA) is 100 Å². The van der Waals surface area contributed by atoms with Crippen LogP contribution >= 0.6 is 11.8 Å². The summed E-state index contributed by atoms with van der Waals surface area (Å²) in [5.74, 6) is 1.30. The van der Waals surface area contributed by atoms with Gasteiger partial charge in [0, 0.05) is 0 Å². The lowest BCUT2D eigenvalue weighted by Crippen LogP contribution is -2.35. The number of rotatable bonds is 2. The number of carbonyl (C=O) groups excluding carboxylic acids is 1. The zero-order valence-electron chi connectivity index (χ0n) is 13.1. The van der Waals surface area contributed by atoms with Gasteiger partial charge in [0.15, 0.2) is 28.1 Å². The van der Waals surface area contributed by atoms with E-state index in [0.29, 0.717) is 33.0 Å². The SMILES string of the molecule is N=C1/C(=C/c2ccc3c(c2)OCO3)C(=O)N=C2SC(c3ccco3)=NN12. The van der Waals surface area contributed by atoms with E-state index in [4.69, 9.17) is 19.3 Å². The fourth-order valence-corrected chi connectivity index (χ4v) is 3.52. The Morgan fingerprint density at radius 1 is 1.23 bits per heavy atom. The first kappa shape index (κ1) is 15.0. The molecule has 1 aromatic heterocycles. The highest BCUT2D eigenvalue weighted by atomic mass is 32.2. The van der Waals surface area contributed by atoms with Crippen molar-refractivity contribution in [2.45, 2.75) is 0 Å². The third-order valence-electron chi connectivity index (χ3n) is 3.89. The number of nitrogens with zero attached hydrogens (tertiary/aromatic N) is 3. The van der Waals surface area contributed by atoms with E-state index < -0.39 is 5.91 Å². The number of hydrogen-bond donors (Lipinski definition) is 1. The summed E-state index contributed by atoms with van der Waals surface area (Å²) >= 11 is 1.19. The van der Waals surface area contributed by atoms with Gasteiger partial charge in [-0.05, 0) is 47.7 Å². The number of hydrogen-bond acceptors (Lipinski definition) is 7. The Labute approximate surface area is 151 Å². The van der Waals surface area contributed by atoms with Gasteiger partial charge >= 0.3 is 0 Å². The number of hydrazone groups is 1. The molecule has 2 aromatic rings. The number of benzene rings is 1. The molecule has 1 aromatic carbocycles. The second-order valence-electron chi connectivity index (χ2n) is 5.52. The van der Waals surface area contributed by atoms with Crippen LogP contribution in [0.4, 0.5) is 0 Å². The van der Waals surface area contributed by atoms with E-state index in [-0.39, 0.29) is 18.2 Å². The molecule has 26 heavy (non-hydrogen) atoms. The van der Waals surface area contributed by atoms with Crippen molar-refractivity contribution in [2.75, 3.05) is 6.79 Å². The van der Waals surface area contributed by atoms with E-state index >= 15 is 0 Å². The van der Waals surface area contributed by atoms with Gasteiger partial charge < -0.3 is 13.9 Å². The van der Waals surface area contributed by atoms with Crippen molar-refractivity contribution in [1.29, 1.82) is 5.41 Å². The van der Waals surface area contributed by atoms with Crippen LogP contribution in [-0.2, 0) is 4.79 Å². The van der Waals surface area contributed by atoms with Crippen LogP contribution < -0.4 is 9.47 Å². The summed E-state index contributed by atoms with van der Waals surface area (Å²) in [5.41, 5.74) is 0.862. The van der Waals surface area contributed by atoms with Crippen molar-refractivity contribution < 1.29 is 18.7 Å². The molecule has 0 fully saturated rings. The lowest BCUT2D eigenvalue weighted by molar-refractivity contribution is -0.114. The Morgan fingerprint density at radius 3 is 2.96 bits per heavy atom. The summed E-state index contributed by atoms with van der Waals surface area (Å²) in [4.78, 5) is 16.5. The lowest BCUT2D eigenvalue weighted by Gasteiger charge is -2.20. The molecule has 8 nitrogen and oxygen atoms in total.